The minimum atomic E-state index is -0.833. The summed E-state index contributed by atoms with van der Waals surface area (Å²) in [6, 6.07) is 0. The molecular formula is C54H84O6. The van der Waals surface area contributed by atoms with Crippen LogP contribution in [0.4, 0.5) is 0 Å². The number of carbonyl (C=O) groups is 3. The average Bonchev–Trinajstić information content (AvgIpc) is 3.24. The summed E-state index contributed by atoms with van der Waals surface area (Å²) in [7, 11) is 0. The third-order valence-electron chi connectivity index (χ3n) is 9.23. The maximum Gasteiger partial charge on any atom is 0.309 e. The zero-order valence-corrected chi connectivity index (χ0v) is 38.2. The largest absolute Gasteiger partial charge is 0.462 e. The highest BCUT2D eigenvalue weighted by atomic mass is 16.6. The lowest BCUT2D eigenvalue weighted by Crippen LogP contribution is -2.30. The van der Waals surface area contributed by atoms with E-state index in [9.17, 15) is 14.4 Å². The lowest BCUT2D eigenvalue weighted by Gasteiger charge is -2.18. The van der Waals surface area contributed by atoms with Gasteiger partial charge in [-0.2, -0.15) is 0 Å². The molecule has 0 aromatic carbocycles. The summed E-state index contributed by atoms with van der Waals surface area (Å²) in [5.74, 6) is -1.11. The van der Waals surface area contributed by atoms with E-state index in [1.165, 1.54) is 19.3 Å². The van der Waals surface area contributed by atoms with Crippen LogP contribution in [0.5, 0.6) is 0 Å². The van der Waals surface area contributed by atoms with Gasteiger partial charge >= 0.3 is 17.9 Å². The molecule has 0 spiro atoms. The van der Waals surface area contributed by atoms with Crippen molar-refractivity contribution >= 4 is 17.9 Å². The molecule has 0 radical (unpaired) electrons. The summed E-state index contributed by atoms with van der Waals surface area (Å²) in [6.07, 6.45) is 65.0. The normalized spacial score (nSPS) is 13.2. The van der Waals surface area contributed by atoms with E-state index in [0.29, 0.717) is 6.42 Å². The molecule has 0 aliphatic rings. The van der Waals surface area contributed by atoms with Crippen LogP contribution < -0.4 is 0 Å². The number of carbonyl (C=O) groups excluding carboxylic acids is 3. The monoisotopic (exact) mass is 829 g/mol. The van der Waals surface area contributed by atoms with Crippen molar-refractivity contribution in [1.82, 2.24) is 0 Å². The number of esters is 3. The van der Waals surface area contributed by atoms with Crippen LogP contribution in [0.15, 0.2) is 122 Å². The van der Waals surface area contributed by atoms with Crippen LogP contribution in [0.3, 0.4) is 0 Å². The molecule has 1 atom stereocenters. The summed E-state index contributed by atoms with van der Waals surface area (Å²) in [4.78, 5) is 37.7. The highest BCUT2D eigenvalue weighted by molar-refractivity contribution is 5.72. The minimum Gasteiger partial charge on any atom is -0.462 e. The number of rotatable bonds is 40. The topological polar surface area (TPSA) is 78.9 Å². The van der Waals surface area contributed by atoms with E-state index in [4.69, 9.17) is 14.2 Å². The second-order valence-electron chi connectivity index (χ2n) is 14.9. The van der Waals surface area contributed by atoms with Gasteiger partial charge in [0.2, 0.25) is 0 Å². The second-order valence-corrected chi connectivity index (χ2v) is 14.9. The van der Waals surface area contributed by atoms with Crippen molar-refractivity contribution in [3.8, 4) is 0 Å². The molecule has 0 heterocycles. The van der Waals surface area contributed by atoms with E-state index in [2.05, 4.69) is 130 Å². The van der Waals surface area contributed by atoms with Crippen molar-refractivity contribution in [3.63, 3.8) is 0 Å². The van der Waals surface area contributed by atoms with Crippen molar-refractivity contribution in [2.75, 3.05) is 13.2 Å². The van der Waals surface area contributed by atoms with Crippen LogP contribution in [0.2, 0.25) is 0 Å². The predicted octanol–water partition coefficient (Wildman–Crippen LogP) is 15.4. The van der Waals surface area contributed by atoms with E-state index in [1.807, 2.05) is 6.08 Å². The van der Waals surface area contributed by atoms with Crippen molar-refractivity contribution in [2.24, 2.45) is 0 Å². The number of unbranched alkanes of at least 4 members (excludes halogenated alkanes) is 10. The molecule has 60 heavy (non-hydrogen) atoms. The van der Waals surface area contributed by atoms with Gasteiger partial charge in [0, 0.05) is 12.8 Å². The van der Waals surface area contributed by atoms with Gasteiger partial charge in [0.1, 0.15) is 13.2 Å². The highest BCUT2D eigenvalue weighted by Gasteiger charge is 2.19. The molecule has 0 saturated heterocycles. The van der Waals surface area contributed by atoms with Crippen LogP contribution in [-0.4, -0.2) is 37.2 Å². The van der Waals surface area contributed by atoms with Crippen LogP contribution in [0.25, 0.3) is 0 Å². The first-order valence-electron chi connectivity index (χ1n) is 23.5. The smallest absolute Gasteiger partial charge is 0.309 e. The average molecular weight is 829 g/mol. The minimum absolute atomic E-state index is 0.122. The zero-order valence-electron chi connectivity index (χ0n) is 38.2. The maximum absolute atomic E-state index is 12.7. The van der Waals surface area contributed by atoms with Gasteiger partial charge in [-0.3, -0.25) is 14.4 Å². The quantitative estimate of drug-likeness (QED) is 0.0265. The van der Waals surface area contributed by atoms with E-state index in [-0.39, 0.29) is 38.0 Å². The van der Waals surface area contributed by atoms with E-state index in [1.54, 1.807) is 6.08 Å². The molecule has 0 fully saturated rings. The molecule has 0 aromatic heterocycles. The fourth-order valence-electron chi connectivity index (χ4n) is 5.80. The van der Waals surface area contributed by atoms with Gasteiger partial charge in [-0.25, -0.2) is 0 Å². The Bertz CT molecular complexity index is 1320. The highest BCUT2D eigenvalue weighted by Crippen LogP contribution is 2.12. The molecule has 0 bridgehead atoms. The van der Waals surface area contributed by atoms with Crippen LogP contribution in [0.1, 0.15) is 181 Å². The standard InChI is InChI=1S/C54H84O6/c1-4-7-10-13-16-19-21-23-25-26-27-28-29-31-32-35-38-41-44-47-53(56)59-50-51(49-58-52(55)46-43-40-37-34-18-15-12-9-6-3)60-54(57)48-45-42-39-36-33-30-24-22-20-17-14-11-8-5-2/h7-12,16-20,23,25,27-28,31-32,34,40,43,51H,4-6,13-15,21-22,24,26,29-30,33,35-39,41-42,44-50H2,1-3H3/b10-7-,11-8-,12-9-,19-16-,20-17-,25-23-,28-27-,32-31-,34-18-,43-40-. The molecule has 0 saturated carbocycles. The Balaban J connectivity index is 4.49. The van der Waals surface area contributed by atoms with E-state index < -0.39 is 12.1 Å². The van der Waals surface area contributed by atoms with Gasteiger partial charge < -0.3 is 14.2 Å². The van der Waals surface area contributed by atoms with Crippen LogP contribution in [0, 0.1) is 0 Å². The van der Waals surface area contributed by atoms with Crippen LogP contribution >= 0.6 is 0 Å². The molecule has 6 heteroatoms. The number of ether oxygens (including phenoxy) is 3. The summed E-state index contributed by atoms with van der Waals surface area (Å²) in [6.45, 7) is 6.13. The first kappa shape index (κ1) is 55.8. The fraction of sp³-hybridized carbons (Fsp3) is 0.574. The lowest BCUT2D eigenvalue weighted by molar-refractivity contribution is -0.166. The molecule has 336 valence electrons. The van der Waals surface area contributed by atoms with E-state index in [0.717, 1.165) is 122 Å². The maximum atomic E-state index is 12.7. The summed E-state index contributed by atoms with van der Waals surface area (Å²) in [5, 5.41) is 0. The van der Waals surface area contributed by atoms with Gasteiger partial charge in [0.25, 0.3) is 0 Å². The lowest BCUT2D eigenvalue weighted by atomic mass is 10.1. The Morgan fingerprint density at radius 1 is 0.350 bits per heavy atom. The molecule has 0 amide bonds. The predicted molar refractivity (Wildman–Crippen MR) is 256 cm³/mol. The van der Waals surface area contributed by atoms with Crippen LogP contribution in [-0.2, 0) is 28.6 Å². The molecule has 1 unspecified atom stereocenters. The molecule has 0 N–H and O–H groups in total. The van der Waals surface area contributed by atoms with Crippen molar-refractivity contribution in [1.29, 1.82) is 0 Å². The molecule has 0 aliphatic carbocycles. The summed E-state index contributed by atoms with van der Waals surface area (Å²) < 4.78 is 16.6. The first-order chi connectivity index (χ1) is 29.5. The second kappa shape index (κ2) is 47.5. The van der Waals surface area contributed by atoms with E-state index >= 15 is 0 Å². The summed E-state index contributed by atoms with van der Waals surface area (Å²) >= 11 is 0. The molecule has 0 aromatic rings. The van der Waals surface area contributed by atoms with Gasteiger partial charge in [-0.05, 0) is 103 Å². The van der Waals surface area contributed by atoms with Gasteiger partial charge in [0.05, 0.1) is 6.42 Å². The third-order valence-corrected chi connectivity index (χ3v) is 9.23. The van der Waals surface area contributed by atoms with Crippen molar-refractivity contribution in [2.45, 2.75) is 187 Å². The SMILES string of the molecule is CC/C=C\C/C=C\C/C=C\C/C=C\C/C=C\CCCCCC(=O)OCC(COC(=O)C/C=C\C/C=C\C/C=C\CC)OC(=O)CCCCCCCCC/C=C\C/C=C\CC. The number of hydrogen-bond donors (Lipinski definition) is 0. The third kappa shape index (κ3) is 44.9. The van der Waals surface area contributed by atoms with Crippen molar-refractivity contribution < 1.29 is 28.6 Å². The Morgan fingerprint density at radius 2 is 0.667 bits per heavy atom. The zero-order chi connectivity index (χ0) is 43.7. The molecular weight excluding hydrogens is 745 g/mol. The molecule has 6 nitrogen and oxygen atoms in total. The summed E-state index contributed by atoms with van der Waals surface area (Å²) in [5.41, 5.74) is 0. The van der Waals surface area contributed by atoms with Gasteiger partial charge in [-0.15, -0.1) is 0 Å². The van der Waals surface area contributed by atoms with Gasteiger partial charge in [0.15, 0.2) is 6.10 Å². The first-order valence-corrected chi connectivity index (χ1v) is 23.5. The Kier molecular flexibility index (Phi) is 44.2. The fourth-order valence-corrected chi connectivity index (χ4v) is 5.80. The van der Waals surface area contributed by atoms with Crippen molar-refractivity contribution in [3.05, 3.63) is 122 Å². The van der Waals surface area contributed by atoms with Gasteiger partial charge in [-0.1, -0.05) is 181 Å². The Labute approximate surface area is 367 Å². The molecule has 0 aliphatic heterocycles. The Hall–Kier alpha value is -4.19. The molecule has 0 rings (SSSR count). The number of hydrogen-bond acceptors (Lipinski definition) is 6. The Morgan fingerprint density at radius 3 is 1.10 bits per heavy atom. The number of allylic oxidation sites excluding steroid dienone is 19.